The predicted octanol–water partition coefficient (Wildman–Crippen LogP) is 6.02. The second-order valence-electron chi connectivity index (χ2n) is 6.09. The summed E-state index contributed by atoms with van der Waals surface area (Å²) in [5.41, 5.74) is 1.18. The first kappa shape index (κ1) is 18.3. The van der Waals surface area contributed by atoms with E-state index in [0.29, 0.717) is 32.1 Å². The lowest BCUT2D eigenvalue weighted by atomic mass is 9.98. The highest BCUT2D eigenvalue weighted by molar-refractivity contribution is 6.42. The van der Waals surface area contributed by atoms with Crippen molar-refractivity contribution in [3.8, 4) is 11.1 Å². The number of anilines is 1. The topological polar surface area (TPSA) is 59.3 Å². The van der Waals surface area contributed by atoms with Crippen LogP contribution in [0.5, 0.6) is 0 Å². The molecule has 0 radical (unpaired) electrons. The van der Waals surface area contributed by atoms with Crippen molar-refractivity contribution in [1.29, 1.82) is 0 Å². The van der Waals surface area contributed by atoms with Gasteiger partial charge in [0.2, 0.25) is 5.76 Å². The predicted molar refractivity (Wildman–Crippen MR) is 112 cm³/mol. The smallest absolute Gasteiger partial charge is 0.344 e. The molecule has 1 N–H and O–H groups in total. The van der Waals surface area contributed by atoms with Crippen molar-refractivity contribution in [3.05, 3.63) is 99.0 Å². The Labute approximate surface area is 170 Å². The lowest BCUT2D eigenvalue weighted by Crippen LogP contribution is -2.17. The van der Waals surface area contributed by atoms with Crippen molar-refractivity contribution in [2.45, 2.75) is 0 Å². The van der Waals surface area contributed by atoms with E-state index in [2.05, 4.69) is 5.32 Å². The summed E-state index contributed by atoms with van der Waals surface area (Å²) < 4.78 is 5.44. The number of benzene rings is 3. The minimum absolute atomic E-state index is 0.0685. The van der Waals surface area contributed by atoms with E-state index in [0.717, 1.165) is 5.56 Å². The van der Waals surface area contributed by atoms with E-state index < -0.39 is 11.5 Å². The first-order chi connectivity index (χ1) is 13.5. The minimum Gasteiger partial charge on any atom is -0.416 e. The molecule has 4 aromatic rings. The number of carbonyl (C=O) groups excluding carboxylic acids is 1. The Kier molecular flexibility index (Phi) is 4.90. The maximum absolute atomic E-state index is 13.0. The second-order valence-corrected chi connectivity index (χ2v) is 6.90. The van der Waals surface area contributed by atoms with Crippen molar-refractivity contribution in [2.24, 2.45) is 0 Å². The van der Waals surface area contributed by atoms with E-state index in [1.54, 1.807) is 30.3 Å². The zero-order valence-electron chi connectivity index (χ0n) is 14.4. The Bertz CT molecular complexity index is 1250. The molecule has 0 fully saturated rings. The van der Waals surface area contributed by atoms with Gasteiger partial charge in [-0.3, -0.25) is 4.79 Å². The molecule has 1 amide bonds. The lowest BCUT2D eigenvalue weighted by Gasteiger charge is -2.12. The zero-order valence-corrected chi connectivity index (χ0v) is 15.9. The molecular weight excluding hydrogens is 397 g/mol. The first-order valence-electron chi connectivity index (χ1n) is 8.42. The molecule has 0 aliphatic rings. The standard InChI is InChI=1S/C22H13Cl2NO3/c23-17-11-10-14(12-18(17)24)25-21(26)20-19(13-6-2-1-3-7-13)15-8-4-5-9-16(15)22(27)28-20/h1-12H,(H,25,26). The van der Waals surface area contributed by atoms with E-state index >= 15 is 0 Å². The zero-order chi connectivity index (χ0) is 19.7. The van der Waals surface area contributed by atoms with Crippen LogP contribution in [-0.2, 0) is 0 Å². The molecular formula is C22H13Cl2NO3. The Morgan fingerprint density at radius 2 is 1.50 bits per heavy atom. The number of hydrogen-bond acceptors (Lipinski definition) is 3. The Morgan fingerprint density at radius 1 is 0.821 bits per heavy atom. The number of fused-ring (bicyclic) bond motifs is 1. The van der Waals surface area contributed by atoms with E-state index in [-0.39, 0.29) is 5.76 Å². The van der Waals surface area contributed by atoms with Crippen LogP contribution in [0.4, 0.5) is 5.69 Å². The fraction of sp³-hybridized carbons (Fsp3) is 0. The molecule has 0 unspecified atom stereocenters. The van der Waals surface area contributed by atoms with Crippen LogP contribution in [0.3, 0.4) is 0 Å². The first-order valence-corrected chi connectivity index (χ1v) is 9.18. The summed E-state index contributed by atoms with van der Waals surface area (Å²) in [5, 5.41) is 4.45. The van der Waals surface area contributed by atoms with Gasteiger partial charge in [0.15, 0.2) is 0 Å². The molecule has 0 saturated heterocycles. The average Bonchev–Trinajstić information content (AvgIpc) is 2.71. The van der Waals surface area contributed by atoms with Gasteiger partial charge in [0, 0.05) is 16.6 Å². The maximum Gasteiger partial charge on any atom is 0.344 e. The van der Waals surface area contributed by atoms with Crippen molar-refractivity contribution < 1.29 is 9.21 Å². The molecule has 0 bridgehead atoms. The third kappa shape index (κ3) is 3.40. The Balaban J connectivity index is 1.89. The van der Waals surface area contributed by atoms with Crippen LogP contribution >= 0.6 is 23.2 Å². The number of amides is 1. The van der Waals surface area contributed by atoms with Gasteiger partial charge in [-0.25, -0.2) is 4.79 Å². The van der Waals surface area contributed by atoms with Crippen LogP contribution in [0, 0.1) is 0 Å². The largest absolute Gasteiger partial charge is 0.416 e. The fourth-order valence-corrected chi connectivity index (χ4v) is 3.31. The molecule has 0 aliphatic carbocycles. The fourth-order valence-electron chi connectivity index (χ4n) is 3.01. The highest BCUT2D eigenvalue weighted by Gasteiger charge is 2.21. The van der Waals surface area contributed by atoms with Crippen LogP contribution in [-0.4, -0.2) is 5.91 Å². The highest BCUT2D eigenvalue weighted by atomic mass is 35.5. The van der Waals surface area contributed by atoms with Gasteiger partial charge in [-0.15, -0.1) is 0 Å². The Morgan fingerprint density at radius 3 is 2.21 bits per heavy atom. The van der Waals surface area contributed by atoms with Gasteiger partial charge < -0.3 is 9.73 Å². The lowest BCUT2D eigenvalue weighted by molar-refractivity contribution is 0.0994. The number of rotatable bonds is 3. The molecule has 1 aromatic heterocycles. The van der Waals surface area contributed by atoms with Gasteiger partial charge in [-0.2, -0.15) is 0 Å². The van der Waals surface area contributed by atoms with E-state index in [1.807, 2.05) is 36.4 Å². The normalized spacial score (nSPS) is 10.8. The molecule has 0 aliphatic heterocycles. The summed E-state index contributed by atoms with van der Waals surface area (Å²) in [6.07, 6.45) is 0. The number of nitrogens with one attached hydrogen (secondary N) is 1. The quantitative estimate of drug-likeness (QED) is 0.449. The van der Waals surface area contributed by atoms with Crippen LogP contribution in [0.1, 0.15) is 10.6 Å². The molecule has 6 heteroatoms. The van der Waals surface area contributed by atoms with Crippen molar-refractivity contribution in [2.75, 3.05) is 5.32 Å². The van der Waals surface area contributed by atoms with Crippen LogP contribution in [0.15, 0.2) is 82.0 Å². The molecule has 0 saturated carbocycles. The van der Waals surface area contributed by atoms with Gasteiger partial charge in [0.1, 0.15) is 0 Å². The van der Waals surface area contributed by atoms with Gasteiger partial charge in [-0.1, -0.05) is 71.7 Å². The molecule has 4 nitrogen and oxygen atoms in total. The molecule has 0 spiro atoms. The average molecular weight is 410 g/mol. The number of hydrogen-bond donors (Lipinski definition) is 1. The summed E-state index contributed by atoms with van der Waals surface area (Å²) in [4.78, 5) is 25.4. The molecule has 1 heterocycles. The van der Waals surface area contributed by atoms with Gasteiger partial charge in [0.25, 0.3) is 5.91 Å². The van der Waals surface area contributed by atoms with Crippen LogP contribution in [0.25, 0.3) is 21.9 Å². The summed E-state index contributed by atoms with van der Waals surface area (Å²) in [6, 6.07) is 21.1. The Hall–Kier alpha value is -3.08. The van der Waals surface area contributed by atoms with Crippen LogP contribution < -0.4 is 10.9 Å². The third-order valence-electron chi connectivity index (χ3n) is 4.28. The second kappa shape index (κ2) is 7.50. The SMILES string of the molecule is O=C(Nc1ccc(Cl)c(Cl)c1)c1oc(=O)c2ccccc2c1-c1ccccc1. The minimum atomic E-state index is -0.574. The third-order valence-corrected chi connectivity index (χ3v) is 5.02. The summed E-state index contributed by atoms with van der Waals surface area (Å²) in [7, 11) is 0. The van der Waals surface area contributed by atoms with Crippen molar-refractivity contribution in [1.82, 2.24) is 0 Å². The van der Waals surface area contributed by atoms with E-state index in [9.17, 15) is 9.59 Å². The monoisotopic (exact) mass is 409 g/mol. The van der Waals surface area contributed by atoms with Gasteiger partial charge in [0.05, 0.1) is 15.4 Å². The molecule has 4 rings (SSSR count). The molecule has 28 heavy (non-hydrogen) atoms. The molecule has 3 aromatic carbocycles. The van der Waals surface area contributed by atoms with Crippen molar-refractivity contribution >= 4 is 45.6 Å². The number of carbonyl (C=O) groups is 1. The van der Waals surface area contributed by atoms with Gasteiger partial charge >= 0.3 is 5.63 Å². The number of halogens is 2. The molecule has 138 valence electrons. The maximum atomic E-state index is 13.0. The van der Waals surface area contributed by atoms with E-state index in [1.165, 1.54) is 6.07 Å². The van der Waals surface area contributed by atoms with E-state index in [4.69, 9.17) is 27.6 Å². The summed E-state index contributed by atoms with van der Waals surface area (Å²) in [6.45, 7) is 0. The highest BCUT2D eigenvalue weighted by Crippen LogP contribution is 2.31. The molecule has 0 atom stereocenters. The summed E-state index contributed by atoms with van der Waals surface area (Å²) >= 11 is 11.9. The van der Waals surface area contributed by atoms with Gasteiger partial charge in [-0.05, 0) is 29.8 Å². The van der Waals surface area contributed by atoms with Crippen LogP contribution in [0.2, 0.25) is 10.0 Å². The summed E-state index contributed by atoms with van der Waals surface area (Å²) in [5.74, 6) is -0.624. The van der Waals surface area contributed by atoms with Crippen molar-refractivity contribution in [3.63, 3.8) is 0 Å².